The number of nitrogens with two attached hydrogens (primary N) is 2. The number of amidine groups is 2. The molecule has 4 heteroatoms. The van der Waals surface area contributed by atoms with E-state index in [-0.39, 0.29) is 11.7 Å². The molecule has 130 valence electrons. The summed E-state index contributed by atoms with van der Waals surface area (Å²) in [4.78, 5) is 0. The van der Waals surface area contributed by atoms with Gasteiger partial charge in [0.05, 0.1) is 0 Å². The fourth-order valence-electron chi connectivity index (χ4n) is 2.90. The van der Waals surface area contributed by atoms with E-state index in [1.54, 1.807) is 0 Å². The highest BCUT2D eigenvalue weighted by molar-refractivity contribution is 5.95. The Labute approximate surface area is 153 Å². The van der Waals surface area contributed by atoms with Gasteiger partial charge in [-0.15, -0.1) is 0 Å². The quantitative estimate of drug-likeness (QED) is 0.407. The first kappa shape index (κ1) is 17.4. The summed E-state index contributed by atoms with van der Waals surface area (Å²) >= 11 is 0. The zero-order valence-corrected chi connectivity index (χ0v) is 14.5. The molecule has 4 nitrogen and oxygen atoms in total. The van der Waals surface area contributed by atoms with Crippen molar-refractivity contribution < 1.29 is 0 Å². The normalized spacial score (nSPS) is 10.5. The lowest BCUT2D eigenvalue weighted by molar-refractivity contribution is 1.15. The van der Waals surface area contributed by atoms with Gasteiger partial charge in [-0.25, -0.2) is 0 Å². The molecular weight excluding hydrogens is 320 g/mol. The summed E-state index contributed by atoms with van der Waals surface area (Å²) in [5, 5.41) is 15.0. The summed E-state index contributed by atoms with van der Waals surface area (Å²) in [6, 6.07) is 24.2. The average Bonchev–Trinajstić information content (AvgIpc) is 2.64. The topological polar surface area (TPSA) is 99.7 Å². The molecule has 0 saturated heterocycles. The Kier molecular flexibility index (Phi) is 5.13. The third-order valence-corrected chi connectivity index (χ3v) is 4.34. The molecule has 3 aromatic carbocycles. The number of benzene rings is 3. The van der Waals surface area contributed by atoms with E-state index in [2.05, 4.69) is 30.3 Å². The molecule has 6 N–H and O–H groups in total. The minimum Gasteiger partial charge on any atom is -0.384 e. The van der Waals surface area contributed by atoms with E-state index >= 15 is 0 Å². The highest BCUT2D eigenvalue weighted by Crippen LogP contribution is 2.15. The van der Waals surface area contributed by atoms with Gasteiger partial charge in [0.25, 0.3) is 0 Å². The van der Waals surface area contributed by atoms with Crippen LogP contribution in [0.3, 0.4) is 0 Å². The Morgan fingerprint density at radius 2 is 1.04 bits per heavy atom. The van der Waals surface area contributed by atoms with Crippen molar-refractivity contribution in [3.05, 3.63) is 106 Å². The molecule has 0 atom stereocenters. The molecule has 0 spiro atoms. The molecule has 0 radical (unpaired) electrons. The van der Waals surface area contributed by atoms with E-state index in [4.69, 9.17) is 22.3 Å². The zero-order chi connectivity index (χ0) is 18.5. The van der Waals surface area contributed by atoms with Gasteiger partial charge < -0.3 is 11.5 Å². The Balaban J connectivity index is 1.67. The Hall–Kier alpha value is -3.40. The maximum absolute atomic E-state index is 7.54. The number of nitrogens with one attached hydrogen (secondary N) is 2. The smallest absolute Gasteiger partial charge is 0.122 e. The van der Waals surface area contributed by atoms with Gasteiger partial charge in [-0.3, -0.25) is 10.8 Å². The lowest BCUT2D eigenvalue weighted by atomic mass is 9.99. The number of rotatable bonds is 6. The molecule has 0 aliphatic rings. The van der Waals surface area contributed by atoms with Gasteiger partial charge >= 0.3 is 0 Å². The Bertz CT molecular complexity index is 925. The summed E-state index contributed by atoms with van der Waals surface area (Å²) in [6.07, 6.45) is 1.66. The summed E-state index contributed by atoms with van der Waals surface area (Å²) in [5.41, 5.74) is 17.3. The molecule has 0 aliphatic heterocycles. The fraction of sp³-hybridized carbons (Fsp3) is 0.0909. The van der Waals surface area contributed by atoms with Crippen LogP contribution in [-0.2, 0) is 12.8 Å². The third kappa shape index (κ3) is 4.36. The van der Waals surface area contributed by atoms with Crippen LogP contribution in [0.15, 0.2) is 72.8 Å². The maximum atomic E-state index is 7.54. The summed E-state index contributed by atoms with van der Waals surface area (Å²) in [7, 11) is 0. The zero-order valence-electron chi connectivity index (χ0n) is 14.5. The van der Waals surface area contributed by atoms with Crippen molar-refractivity contribution in [1.82, 2.24) is 0 Å². The van der Waals surface area contributed by atoms with Crippen LogP contribution in [0.1, 0.15) is 33.4 Å². The Morgan fingerprint density at radius 1 is 0.577 bits per heavy atom. The van der Waals surface area contributed by atoms with Gasteiger partial charge in [0.2, 0.25) is 0 Å². The van der Waals surface area contributed by atoms with Crippen molar-refractivity contribution in [2.45, 2.75) is 12.8 Å². The number of hydrogen-bond acceptors (Lipinski definition) is 2. The molecule has 0 unspecified atom stereocenters. The van der Waals surface area contributed by atoms with Crippen LogP contribution >= 0.6 is 0 Å². The number of nitrogen functional groups attached to an aromatic ring is 2. The standard InChI is InChI=1S/C22H22N4/c23-21(24)19-10-8-17(9-11-19)12-15-4-6-16(7-5-15)13-18-2-1-3-20(14-18)22(25)26/h1-11,14H,12-13H2,(H3,23,24)(H3,25,26). The predicted octanol–water partition coefficient (Wildman–Crippen LogP) is 3.44. The fourth-order valence-corrected chi connectivity index (χ4v) is 2.90. The maximum Gasteiger partial charge on any atom is 0.122 e. The molecule has 0 bridgehead atoms. The molecule has 0 fully saturated rings. The first-order chi connectivity index (χ1) is 12.5. The van der Waals surface area contributed by atoms with E-state index in [1.165, 1.54) is 16.7 Å². The molecular formula is C22H22N4. The van der Waals surface area contributed by atoms with Crippen molar-refractivity contribution in [3.63, 3.8) is 0 Å². The summed E-state index contributed by atoms with van der Waals surface area (Å²) < 4.78 is 0. The first-order valence-corrected chi connectivity index (χ1v) is 8.46. The van der Waals surface area contributed by atoms with Crippen LogP contribution in [-0.4, -0.2) is 11.7 Å². The van der Waals surface area contributed by atoms with Crippen molar-refractivity contribution in [2.24, 2.45) is 11.5 Å². The van der Waals surface area contributed by atoms with E-state index in [0.29, 0.717) is 0 Å². The molecule has 3 aromatic rings. The van der Waals surface area contributed by atoms with Crippen LogP contribution in [0.25, 0.3) is 0 Å². The van der Waals surface area contributed by atoms with Crippen molar-refractivity contribution >= 4 is 11.7 Å². The second-order valence-electron chi connectivity index (χ2n) is 6.39. The van der Waals surface area contributed by atoms with Crippen LogP contribution in [0.2, 0.25) is 0 Å². The second-order valence-corrected chi connectivity index (χ2v) is 6.39. The van der Waals surface area contributed by atoms with E-state index < -0.39 is 0 Å². The van der Waals surface area contributed by atoms with Crippen molar-refractivity contribution in [3.8, 4) is 0 Å². The average molecular weight is 342 g/mol. The minimum atomic E-state index is 0.0924. The van der Waals surface area contributed by atoms with Crippen LogP contribution in [0.5, 0.6) is 0 Å². The van der Waals surface area contributed by atoms with Gasteiger partial charge in [-0.2, -0.15) is 0 Å². The van der Waals surface area contributed by atoms with Gasteiger partial charge in [0.15, 0.2) is 0 Å². The molecule has 0 heterocycles. The minimum absolute atomic E-state index is 0.0924. The summed E-state index contributed by atoms with van der Waals surface area (Å²) in [6.45, 7) is 0. The van der Waals surface area contributed by atoms with Gasteiger partial charge in [0.1, 0.15) is 11.7 Å². The third-order valence-electron chi connectivity index (χ3n) is 4.34. The largest absolute Gasteiger partial charge is 0.384 e. The SMILES string of the molecule is N=C(N)c1ccc(Cc2ccc(Cc3cccc(C(=N)N)c3)cc2)cc1. The molecule has 26 heavy (non-hydrogen) atoms. The van der Waals surface area contributed by atoms with Gasteiger partial charge in [0, 0.05) is 11.1 Å². The van der Waals surface area contributed by atoms with Crippen molar-refractivity contribution in [2.75, 3.05) is 0 Å². The van der Waals surface area contributed by atoms with E-state index in [1.807, 2.05) is 42.5 Å². The van der Waals surface area contributed by atoms with Crippen molar-refractivity contribution in [1.29, 1.82) is 10.8 Å². The van der Waals surface area contributed by atoms with Crippen LogP contribution in [0.4, 0.5) is 0 Å². The second kappa shape index (κ2) is 7.66. The monoisotopic (exact) mass is 342 g/mol. The highest BCUT2D eigenvalue weighted by atomic mass is 14.7. The van der Waals surface area contributed by atoms with Crippen LogP contribution < -0.4 is 11.5 Å². The molecule has 0 amide bonds. The van der Waals surface area contributed by atoms with Gasteiger partial charge in [-0.1, -0.05) is 66.7 Å². The molecule has 0 aliphatic carbocycles. The molecule has 0 saturated carbocycles. The van der Waals surface area contributed by atoms with E-state index in [0.717, 1.165) is 29.5 Å². The molecule has 0 aromatic heterocycles. The Morgan fingerprint density at radius 3 is 1.54 bits per heavy atom. The number of hydrogen-bond donors (Lipinski definition) is 4. The highest BCUT2D eigenvalue weighted by Gasteiger charge is 2.02. The predicted molar refractivity (Wildman–Crippen MR) is 107 cm³/mol. The van der Waals surface area contributed by atoms with E-state index in [9.17, 15) is 0 Å². The van der Waals surface area contributed by atoms with Gasteiger partial charge in [-0.05, 0) is 41.2 Å². The first-order valence-electron chi connectivity index (χ1n) is 8.46. The lowest BCUT2D eigenvalue weighted by Gasteiger charge is -2.07. The summed E-state index contributed by atoms with van der Waals surface area (Å²) in [5.74, 6) is 0.188. The molecule has 3 rings (SSSR count). The van der Waals surface area contributed by atoms with Crippen LogP contribution in [0, 0.1) is 10.8 Å². The lowest BCUT2D eigenvalue weighted by Crippen LogP contribution is -2.11.